The molecule has 0 unspecified atom stereocenters. The number of hydrogen-bond donors (Lipinski definition) is 1. The van der Waals surface area contributed by atoms with Crippen LogP contribution in [0.4, 0.5) is 26.3 Å². The van der Waals surface area contributed by atoms with Gasteiger partial charge in [-0.05, 0) is 33.6 Å². The van der Waals surface area contributed by atoms with Gasteiger partial charge in [-0.15, -0.1) is 0 Å². The summed E-state index contributed by atoms with van der Waals surface area (Å²) < 4.78 is 74.4. The van der Waals surface area contributed by atoms with E-state index in [9.17, 15) is 26.3 Å². The molecule has 0 spiro atoms. The third-order valence-electron chi connectivity index (χ3n) is 2.07. The zero-order chi connectivity index (χ0) is 13.4. The Morgan fingerprint density at radius 3 is 2.06 bits per heavy atom. The van der Waals surface area contributed by atoms with Crippen molar-refractivity contribution >= 4 is 15.9 Å². The molecule has 0 saturated heterocycles. The molecule has 17 heavy (non-hydrogen) atoms. The molecule has 1 aromatic rings. The molecule has 0 aromatic heterocycles. The molecule has 1 rings (SSSR count). The molecule has 0 saturated carbocycles. The summed E-state index contributed by atoms with van der Waals surface area (Å²) in [7, 11) is 0. The first-order chi connectivity index (χ1) is 7.57. The van der Waals surface area contributed by atoms with Crippen LogP contribution in [0.2, 0.25) is 0 Å². The van der Waals surface area contributed by atoms with E-state index in [0.29, 0.717) is 0 Å². The van der Waals surface area contributed by atoms with Crippen LogP contribution in [-0.2, 0) is 0 Å². The predicted octanol–water partition coefficient (Wildman–Crippen LogP) is 3.79. The number of hydrogen-bond acceptors (Lipinski definition) is 1. The molecule has 1 nitrogen and oxygen atoms in total. The van der Waals surface area contributed by atoms with Gasteiger partial charge in [0, 0.05) is 0 Å². The molecule has 0 bridgehead atoms. The van der Waals surface area contributed by atoms with Crippen LogP contribution in [0.15, 0.2) is 22.7 Å². The SMILES string of the molecule is N[C@H](c1ccc(F)c(Br)c1)C(F)(F)C(F)(F)F. The van der Waals surface area contributed by atoms with Gasteiger partial charge in [0.25, 0.3) is 0 Å². The van der Waals surface area contributed by atoms with E-state index in [1.54, 1.807) is 0 Å². The van der Waals surface area contributed by atoms with E-state index in [-0.39, 0.29) is 4.47 Å². The number of nitrogens with two attached hydrogens (primary N) is 1. The van der Waals surface area contributed by atoms with Gasteiger partial charge in [0.1, 0.15) is 11.9 Å². The van der Waals surface area contributed by atoms with E-state index >= 15 is 0 Å². The van der Waals surface area contributed by atoms with E-state index < -0.39 is 29.5 Å². The van der Waals surface area contributed by atoms with Crippen LogP contribution in [0.3, 0.4) is 0 Å². The smallest absolute Gasteiger partial charge is 0.319 e. The third kappa shape index (κ3) is 2.74. The lowest BCUT2D eigenvalue weighted by Crippen LogP contribution is -2.45. The van der Waals surface area contributed by atoms with Gasteiger partial charge < -0.3 is 5.73 Å². The van der Waals surface area contributed by atoms with Crippen LogP contribution in [0, 0.1) is 5.82 Å². The van der Waals surface area contributed by atoms with E-state index in [2.05, 4.69) is 15.9 Å². The lowest BCUT2D eigenvalue weighted by atomic mass is 10.0. The zero-order valence-electron chi connectivity index (χ0n) is 8.03. The van der Waals surface area contributed by atoms with Crippen molar-refractivity contribution in [2.24, 2.45) is 5.73 Å². The average Bonchev–Trinajstić information content (AvgIpc) is 2.19. The Hall–Kier alpha value is -0.760. The summed E-state index contributed by atoms with van der Waals surface area (Å²) in [6.07, 6.45) is -5.76. The second-order valence-corrected chi connectivity index (χ2v) is 4.13. The molecule has 1 atom stereocenters. The van der Waals surface area contributed by atoms with Crippen molar-refractivity contribution in [2.45, 2.75) is 18.1 Å². The highest BCUT2D eigenvalue weighted by Crippen LogP contribution is 2.43. The summed E-state index contributed by atoms with van der Waals surface area (Å²) in [4.78, 5) is 0. The maximum Gasteiger partial charge on any atom is 0.455 e. The summed E-state index contributed by atoms with van der Waals surface area (Å²) in [6, 6.07) is -0.255. The van der Waals surface area contributed by atoms with E-state index in [1.807, 2.05) is 0 Å². The maximum absolute atomic E-state index is 12.9. The second-order valence-electron chi connectivity index (χ2n) is 3.27. The third-order valence-corrected chi connectivity index (χ3v) is 2.68. The molecule has 0 aliphatic carbocycles. The fourth-order valence-electron chi connectivity index (χ4n) is 1.09. The summed E-state index contributed by atoms with van der Waals surface area (Å²) >= 11 is 2.67. The van der Waals surface area contributed by atoms with Gasteiger partial charge in [-0.2, -0.15) is 22.0 Å². The van der Waals surface area contributed by atoms with Crippen molar-refractivity contribution in [3.63, 3.8) is 0 Å². The van der Waals surface area contributed by atoms with Crippen LogP contribution in [-0.4, -0.2) is 12.1 Å². The van der Waals surface area contributed by atoms with Crippen molar-refractivity contribution in [1.82, 2.24) is 0 Å². The molecule has 0 aliphatic heterocycles. The highest BCUT2D eigenvalue weighted by Gasteiger charge is 2.61. The van der Waals surface area contributed by atoms with Gasteiger partial charge >= 0.3 is 12.1 Å². The number of benzene rings is 1. The topological polar surface area (TPSA) is 26.0 Å². The first-order valence-electron chi connectivity index (χ1n) is 4.22. The fraction of sp³-hybridized carbons (Fsp3) is 0.333. The molecule has 8 heteroatoms. The van der Waals surface area contributed by atoms with E-state index in [4.69, 9.17) is 5.73 Å². The molecule has 0 aliphatic rings. The number of rotatable bonds is 2. The maximum atomic E-state index is 12.9. The van der Waals surface area contributed by atoms with Crippen molar-refractivity contribution in [2.75, 3.05) is 0 Å². The Labute approximate surface area is 101 Å². The normalized spacial score (nSPS) is 14.8. The van der Waals surface area contributed by atoms with Crippen LogP contribution >= 0.6 is 15.9 Å². The Balaban J connectivity index is 3.12. The summed E-state index contributed by atoms with van der Waals surface area (Å²) in [6.45, 7) is 0. The molecule has 96 valence electrons. The van der Waals surface area contributed by atoms with Crippen LogP contribution in [0.5, 0.6) is 0 Å². The van der Waals surface area contributed by atoms with Crippen molar-refractivity contribution in [3.05, 3.63) is 34.1 Å². The van der Waals surface area contributed by atoms with E-state index in [1.165, 1.54) is 0 Å². The number of halogens is 7. The Morgan fingerprint density at radius 1 is 1.12 bits per heavy atom. The van der Waals surface area contributed by atoms with Gasteiger partial charge in [-0.1, -0.05) is 6.07 Å². The van der Waals surface area contributed by atoms with Crippen molar-refractivity contribution in [1.29, 1.82) is 0 Å². The quantitative estimate of drug-likeness (QED) is 0.824. The molecule has 0 fully saturated rings. The van der Waals surface area contributed by atoms with E-state index in [0.717, 1.165) is 18.2 Å². The van der Waals surface area contributed by atoms with Gasteiger partial charge in [0.2, 0.25) is 0 Å². The van der Waals surface area contributed by atoms with Crippen LogP contribution in [0.25, 0.3) is 0 Å². The van der Waals surface area contributed by atoms with Crippen molar-refractivity contribution < 1.29 is 26.3 Å². The Kier molecular flexibility index (Phi) is 3.78. The zero-order valence-corrected chi connectivity index (χ0v) is 9.62. The summed E-state index contributed by atoms with van der Waals surface area (Å²) in [5, 5.41) is 0. The molecular weight excluding hydrogens is 316 g/mol. The monoisotopic (exact) mass is 321 g/mol. The fourth-order valence-corrected chi connectivity index (χ4v) is 1.49. The largest absolute Gasteiger partial charge is 0.455 e. The standard InChI is InChI=1S/C9H6BrF6N/c10-5-3-4(1-2-6(5)11)7(17)8(12,13)9(14,15)16/h1-3,7H,17H2/t7-/m1/s1. The molecular formula is C9H6BrF6N. The van der Waals surface area contributed by atoms with Crippen LogP contribution in [0.1, 0.15) is 11.6 Å². The lowest BCUT2D eigenvalue weighted by molar-refractivity contribution is -0.291. The predicted molar refractivity (Wildman–Crippen MR) is 52.0 cm³/mol. The Bertz CT molecular complexity index is 416. The van der Waals surface area contributed by atoms with Crippen LogP contribution < -0.4 is 5.73 Å². The summed E-state index contributed by atoms with van der Waals surface area (Å²) in [5.41, 5.74) is 4.35. The molecule has 2 N–H and O–H groups in total. The van der Waals surface area contributed by atoms with Crippen molar-refractivity contribution in [3.8, 4) is 0 Å². The first kappa shape index (κ1) is 14.3. The number of alkyl halides is 5. The highest BCUT2D eigenvalue weighted by atomic mass is 79.9. The molecule has 0 radical (unpaired) electrons. The highest BCUT2D eigenvalue weighted by molar-refractivity contribution is 9.10. The second kappa shape index (κ2) is 4.49. The average molecular weight is 322 g/mol. The minimum absolute atomic E-state index is 0.233. The first-order valence-corrected chi connectivity index (χ1v) is 5.01. The van der Waals surface area contributed by atoms with Gasteiger partial charge in [0.15, 0.2) is 0 Å². The van der Waals surface area contributed by atoms with Gasteiger partial charge in [-0.3, -0.25) is 0 Å². The molecule has 0 amide bonds. The molecule has 1 aromatic carbocycles. The van der Waals surface area contributed by atoms with Gasteiger partial charge in [-0.25, -0.2) is 4.39 Å². The Morgan fingerprint density at radius 2 is 1.65 bits per heavy atom. The lowest BCUT2D eigenvalue weighted by Gasteiger charge is -2.26. The van der Waals surface area contributed by atoms with Gasteiger partial charge in [0.05, 0.1) is 4.47 Å². The minimum Gasteiger partial charge on any atom is -0.319 e. The molecule has 0 heterocycles. The minimum atomic E-state index is -5.76. The summed E-state index contributed by atoms with van der Waals surface area (Å²) in [5.74, 6) is -5.86.